The summed E-state index contributed by atoms with van der Waals surface area (Å²) in [5.74, 6) is 0.688. The van der Waals surface area contributed by atoms with Gasteiger partial charge in [-0.15, -0.1) is 0 Å². The van der Waals surface area contributed by atoms with Crippen LogP contribution in [0.3, 0.4) is 0 Å². The van der Waals surface area contributed by atoms with Crippen LogP contribution in [-0.4, -0.2) is 34.4 Å². The largest absolute Gasteiger partial charge is 0.380 e. The molecule has 0 aliphatic heterocycles. The molecule has 1 aliphatic carbocycles. The molecule has 1 aliphatic rings. The van der Waals surface area contributed by atoms with Gasteiger partial charge in [-0.1, -0.05) is 31.5 Å². The number of benzene rings is 1. The summed E-state index contributed by atoms with van der Waals surface area (Å²) >= 11 is 0. The molecule has 2 amide bonds. The number of hydrogen-bond acceptors (Lipinski definition) is 3. The van der Waals surface area contributed by atoms with Crippen LogP contribution in [-0.2, 0) is 22.1 Å². The summed E-state index contributed by atoms with van der Waals surface area (Å²) in [5.41, 5.74) is 1.70. The molecule has 3 unspecified atom stereocenters. The van der Waals surface area contributed by atoms with E-state index >= 15 is 0 Å². The number of hydrogen-bond donors (Lipinski definition) is 2. The lowest BCUT2D eigenvalue weighted by Gasteiger charge is -2.29. The van der Waals surface area contributed by atoms with Gasteiger partial charge in [-0.3, -0.25) is 4.21 Å². The first-order valence-corrected chi connectivity index (χ1v) is 9.53. The van der Waals surface area contributed by atoms with Crippen LogP contribution < -0.4 is 10.6 Å². The Bertz CT molecular complexity index is 550. The van der Waals surface area contributed by atoms with Gasteiger partial charge < -0.3 is 15.4 Å². The predicted octanol–water partition coefficient (Wildman–Crippen LogP) is 3.03. The number of amides is 2. The van der Waals surface area contributed by atoms with E-state index in [2.05, 4.69) is 10.6 Å². The van der Waals surface area contributed by atoms with E-state index in [1.807, 2.05) is 31.2 Å². The highest BCUT2D eigenvalue weighted by Gasteiger charge is 2.26. The minimum atomic E-state index is -0.781. The maximum absolute atomic E-state index is 12.2. The maximum Gasteiger partial charge on any atom is 0.319 e. The Labute approximate surface area is 140 Å². The summed E-state index contributed by atoms with van der Waals surface area (Å²) in [7, 11) is 0.850. The summed E-state index contributed by atoms with van der Waals surface area (Å²) in [6.45, 7) is 2.41. The fourth-order valence-corrected chi connectivity index (χ4v) is 4.37. The van der Waals surface area contributed by atoms with Crippen molar-refractivity contribution in [3.63, 3.8) is 0 Å². The summed E-state index contributed by atoms with van der Waals surface area (Å²) in [4.78, 5) is 12.2. The second-order valence-corrected chi connectivity index (χ2v) is 7.85. The molecule has 2 rings (SSSR count). The van der Waals surface area contributed by atoms with Gasteiger partial charge in [0.05, 0.1) is 6.61 Å². The van der Waals surface area contributed by atoms with Crippen molar-refractivity contribution >= 4 is 22.5 Å². The van der Waals surface area contributed by atoms with Crippen LogP contribution >= 0.6 is 0 Å². The van der Waals surface area contributed by atoms with Crippen molar-refractivity contribution in [2.45, 2.75) is 50.5 Å². The Morgan fingerprint density at radius 3 is 2.87 bits per heavy atom. The lowest BCUT2D eigenvalue weighted by Crippen LogP contribution is -2.43. The van der Waals surface area contributed by atoms with Gasteiger partial charge in [0, 0.05) is 46.2 Å². The van der Waals surface area contributed by atoms with Crippen LogP contribution in [0.1, 0.15) is 38.2 Å². The fourth-order valence-electron chi connectivity index (χ4n) is 3.02. The van der Waals surface area contributed by atoms with Gasteiger partial charge >= 0.3 is 6.03 Å². The Morgan fingerprint density at radius 2 is 2.13 bits per heavy atom. The number of carbonyl (C=O) groups excluding carboxylic acids is 1. The predicted molar refractivity (Wildman–Crippen MR) is 94.0 cm³/mol. The van der Waals surface area contributed by atoms with E-state index in [1.54, 1.807) is 7.11 Å². The van der Waals surface area contributed by atoms with Crippen LogP contribution in [0.2, 0.25) is 0 Å². The second kappa shape index (κ2) is 9.03. The van der Waals surface area contributed by atoms with E-state index in [0.717, 1.165) is 36.9 Å². The van der Waals surface area contributed by atoms with Crippen molar-refractivity contribution in [1.82, 2.24) is 5.32 Å². The lowest BCUT2D eigenvalue weighted by molar-refractivity contribution is 0.185. The summed E-state index contributed by atoms with van der Waals surface area (Å²) in [5, 5.41) is 6.12. The second-order valence-electron chi connectivity index (χ2n) is 5.84. The van der Waals surface area contributed by atoms with E-state index < -0.39 is 10.8 Å². The van der Waals surface area contributed by atoms with E-state index in [9.17, 15) is 9.00 Å². The molecule has 23 heavy (non-hydrogen) atoms. The number of ether oxygens (including phenoxy) is 1. The zero-order valence-corrected chi connectivity index (χ0v) is 14.7. The molecule has 128 valence electrons. The first-order valence-electron chi connectivity index (χ1n) is 8.15. The van der Waals surface area contributed by atoms with Crippen LogP contribution in [0.15, 0.2) is 24.3 Å². The normalized spacial score (nSPS) is 22.3. The smallest absolute Gasteiger partial charge is 0.319 e. The number of urea groups is 1. The van der Waals surface area contributed by atoms with E-state index in [1.165, 1.54) is 0 Å². The monoisotopic (exact) mass is 338 g/mol. The van der Waals surface area contributed by atoms with Gasteiger partial charge in [0.15, 0.2) is 0 Å². The van der Waals surface area contributed by atoms with Crippen molar-refractivity contribution < 1.29 is 13.7 Å². The maximum atomic E-state index is 12.2. The number of para-hydroxylation sites is 1. The molecule has 1 saturated carbocycles. The van der Waals surface area contributed by atoms with Crippen LogP contribution in [0.4, 0.5) is 10.5 Å². The number of carbonyl (C=O) groups is 1. The van der Waals surface area contributed by atoms with Crippen molar-refractivity contribution in [3.05, 3.63) is 29.8 Å². The molecule has 6 heteroatoms. The molecule has 1 aromatic carbocycles. The fraction of sp³-hybridized carbons (Fsp3) is 0.588. The van der Waals surface area contributed by atoms with Crippen molar-refractivity contribution in [2.24, 2.45) is 0 Å². The molecule has 0 aromatic heterocycles. The number of rotatable bonds is 6. The van der Waals surface area contributed by atoms with Gasteiger partial charge in [0.25, 0.3) is 0 Å². The van der Waals surface area contributed by atoms with Gasteiger partial charge in [-0.05, 0) is 25.3 Å². The van der Waals surface area contributed by atoms with Crippen molar-refractivity contribution in [2.75, 3.05) is 18.2 Å². The zero-order valence-electron chi connectivity index (χ0n) is 13.8. The Hall–Kier alpha value is -1.40. The topological polar surface area (TPSA) is 67.4 Å². The summed E-state index contributed by atoms with van der Waals surface area (Å²) in [6, 6.07) is 7.49. The first kappa shape index (κ1) is 17.9. The van der Waals surface area contributed by atoms with Crippen LogP contribution in [0.25, 0.3) is 0 Å². The van der Waals surface area contributed by atoms with Gasteiger partial charge in [0.1, 0.15) is 0 Å². The quantitative estimate of drug-likeness (QED) is 0.838. The minimum absolute atomic E-state index is 0.0961. The highest BCUT2D eigenvalue weighted by Crippen LogP contribution is 2.23. The number of anilines is 1. The van der Waals surface area contributed by atoms with Crippen LogP contribution in [0.5, 0.6) is 0 Å². The average molecular weight is 338 g/mol. The lowest BCUT2D eigenvalue weighted by atomic mass is 9.95. The van der Waals surface area contributed by atoms with Gasteiger partial charge in [0.2, 0.25) is 0 Å². The molecule has 0 heterocycles. The molecule has 3 atom stereocenters. The summed E-state index contributed by atoms with van der Waals surface area (Å²) < 4.78 is 17.1. The number of methoxy groups -OCH3 is 1. The van der Waals surface area contributed by atoms with E-state index in [4.69, 9.17) is 4.74 Å². The van der Waals surface area contributed by atoms with Gasteiger partial charge in [-0.2, -0.15) is 0 Å². The average Bonchev–Trinajstić information content (AvgIpc) is 2.56. The van der Waals surface area contributed by atoms with E-state index in [0.29, 0.717) is 12.4 Å². The van der Waals surface area contributed by atoms with Crippen molar-refractivity contribution in [1.29, 1.82) is 0 Å². The number of nitrogens with one attached hydrogen (secondary N) is 2. The standard InChI is InChI=1S/C17H26N2O3S/c1-3-23(21)15-9-6-8-14(11-15)18-17(20)19-16-10-5-4-7-13(16)12-22-2/h4-5,7,10,14-15H,3,6,8-9,11-12H2,1-2H3,(H2,18,19,20). The third-order valence-corrected chi connectivity index (χ3v) is 5.92. The Morgan fingerprint density at radius 1 is 1.35 bits per heavy atom. The molecule has 2 N–H and O–H groups in total. The Kier molecular flexibility index (Phi) is 7.05. The molecule has 1 fully saturated rings. The molecular formula is C17H26N2O3S. The molecule has 1 aromatic rings. The van der Waals surface area contributed by atoms with Crippen LogP contribution in [0, 0.1) is 0 Å². The SMILES string of the molecule is CCS(=O)C1CCCC(NC(=O)Nc2ccccc2COC)C1. The first-order chi connectivity index (χ1) is 11.1. The Balaban J connectivity index is 1.91. The highest BCUT2D eigenvalue weighted by molar-refractivity contribution is 7.85. The molecule has 5 nitrogen and oxygen atoms in total. The third-order valence-electron chi connectivity index (χ3n) is 4.18. The zero-order chi connectivity index (χ0) is 16.7. The molecular weight excluding hydrogens is 312 g/mol. The van der Waals surface area contributed by atoms with Crippen molar-refractivity contribution in [3.8, 4) is 0 Å². The van der Waals surface area contributed by atoms with E-state index in [-0.39, 0.29) is 17.3 Å². The molecule has 0 radical (unpaired) electrons. The molecule has 0 spiro atoms. The highest BCUT2D eigenvalue weighted by atomic mass is 32.2. The third kappa shape index (κ3) is 5.32. The molecule has 0 saturated heterocycles. The van der Waals surface area contributed by atoms with Gasteiger partial charge in [-0.25, -0.2) is 4.79 Å². The minimum Gasteiger partial charge on any atom is -0.380 e. The molecule has 0 bridgehead atoms. The summed E-state index contributed by atoms with van der Waals surface area (Å²) in [6.07, 6.45) is 3.76.